The van der Waals surface area contributed by atoms with Gasteiger partial charge in [-0.2, -0.15) is 5.10 Å². The zero-order valence-corrected chi connectivity index (χ0v) is 9.67. The number of carboxylic acids is 1. The average molecular weight is 237 g/mol. The highest BCUT2D eigenvalue weighted by atomic mass is 16.4. The molecule has 92 valence electrons. The molecule has 1 amide bonds. The van der Waals surface area contributed by atoms with Gasteiger partial charge in [-0.15, -0.1) is 0 Å². The number of nitrogens with zero attached hydrogens (tertiary/aromatic N) is 3. The number of aliphatic carboxylic acids is 1. The molecule has 0 bridgehead atoms. The summed E-state index contributed by atoms with van der Waals surface area (Å²) in [5, 5.41) is 13.1. The highest BCUT2D eigenvalue weighted by molar-refractivity contribution is 5.95. The quantitative estimate of drug-likeness (QED) is 0.812. The van der Waals surface area contributed by atoms with Crippen LogP contribution in [0.4, 0.5) is 0 Å². The van der Waals surface area contributed by atoms with Crippen LogP contribution in [0.2, 0.25) is 0 Å². The Morgan fingerprint density at radius 1 is 1.47 bits per heavy atom. The normalized spacial score (nSPS) is 20.3. The van der Waals surface area contributed by atoms with E-state index in [1.807, 2.05) is 0 Å². The van der Waals surface area contributed by atoms with Crippen molar-refractivity contribution in [3.63, 3.8) is 0 Å². The monoisotopic (exact) mass is 237 g/mol. The SMILES string of the molecule is Cn1ccc(C(=O)N2CCCC[C@@H]2C(=O)O)n1. The first-order valence-corrected chi connectivity index (χ1v) is 5.63. The summed E-state index contributed by atoms with van der Waals surface area (Å²) in [5.74, 6) is -1.23. The second-order valence-corrected chi connectivity index (χ2v) is 4.22. The van der Waals surface area contributed by atoms with E-state index in [-0.39, 0.29) is 5.91 Å². The second kappa shape index (κ2) is 4.57. The van der Waals surface area contributed by atoms with Gasteiger partial charge in [-0.25, -0.2) is 4.79 Å². The van der Waals surface area contributed by atoms with Gasteiger partial charge >= 0.3 is 5.97 Å². The Kier molecular flexibility index (Phi) is 3.12. The molecule has 1 aromatic heterocycles. The molecule has 1 aliphatic heterocycles. The summed E-state index contributed by atoms with van der Waals surface area (Å²) >= 11 is 0. The van der Waals surface area contributed by atoms with Gasteiger partial charge in [0.05, 0.1) is 0 Å². The van der Waals surface area contributed by atoms with E-state index >= 15 is 0 Å². The van der Waals surface area contributed by atoms with Crippen LogP contribution in [0.1, 0.15) is 29.8 Å². The number of hydrogen-bond acceptors (Lipinski definition) is 3. The molecule has 0 unspecified atom stereocenters. The van der Waals surface area contributed by atoms with E-state index in [1.165, 1.54) is 9.58 Å². The Labute approximate surface area is 98.8 Å². The summed E-state index contributed by atoms with van der Waals surface area (Å²) in [5.41, 5.74) is 0.306. The zero-order chi connectivity index (χ0) is 12.4. The van der Waals surface area contributed by atoms with Crippen molar-refractivity contribution in [1.29, 1.82) is 0 Å². The lowest BCUT2D eigenvalue weighted by atomic mass is 10.0. The zero-order valence-electron chi connectivity index (χ0n) is 9.67. The van der Waals surface area contributed by atoms with Gasteiger partial charge in [0, 0.05) is 19.8 Å². The minimum atomic E-state index is -0.936. The Hall–Kier alpha value is -1.85. The number of carbonyl (C=O) groups excluding carboxylic acids is 1. The van der Waals surface area contributed by atoms with Crippen molar-refractivity contribution in [3.05, 3.63) is 18.0 Å². The lowest BCUT2D eigenvalue weighted by Gasteiger charge is -2.32. The number of aryl methyl sites for hydroxylation is 1. The summed E-state index contributed by atoms with van der Waals surface area (Å²) in [7, 11) is 1.72. The molecule has 1 N–H and O–H groups in total. The van der Waals surface area contributed by atoms with Gasteiger partial charge < -0.3 is 10.0 Å². The molecule has 17 heavy (non-hydrogen) atoms. The number of rotatable bonds is 2. The van der Waals surface area contributed by atoms with Crippen LogP contribution in [0, 0.1) is 0 Å². The van der Waals surface area contributed by atoms with Crippen molar-refractivity contribution in [3.8, 4) is 0 Å². The van der Waals surface area contributed by atoms with Gasteiger partial charge in [-0.1, -0.05) is 0 Å². The molecule has 6 nitrogen and oxygen atoms in total. The Balaban J connectivity index is 2.19. The van der Waals surface area contributed by atoms with Gasteiger partial charge in [-0.05, 0) is 25.3 Å². The fraction of sp³-hybridized carbons (Fsp3) is 0.545. The lowest BCUT2D eigenvalue weighted by Crippen LogP contribution is -2.48. The van der Waals surface area contributed by atoms with Crippen LogP contribution < -0.4 is 0 Å². The molecule has 1 aliphatic rings. The summed E-state index contributed by atoms with van der Waals surface area (Å²) in [6.45, 7) is 0.492. The predicted molar refractivity (Wildman–Crippen MR) is 59.5 cm³/mol. The van der Waals surface area contributed by atoms with Crippen LogP contribution in [-0.2, 0) is 11.8 Å². The fourth-order valence-electron chi connectivity index (χ4n) is 2.11. The van der Waals surface area contributed by atoms with Gasteiger partial charge in [0.15, 0.2) is 0 Å². The minimum Gasteiger partial charge on any atom is -0.480 e. The Morgan fingerprint density at radius 2 is 2.24 bits per heavy atom. The van der Waals surface area contributed by atoms with Crippen LogP contribution in [0.25, 0.3) is 0 Å². The fourth-order valence-corrected chi connectivity index (χ4v) is 2.11. The van der Waals surface area contributed by atoms with Crippen molar-refractivity contribution in [2.45, 2.75) is 25.3 Å². The maximum absolute atomic E-state index is 12.1. The smallest absolute Gasteiger partial charge is 0.326 e. The van der Waals surface area contributed by atoms with Crippen molar-refractivity contribution in [2.24, 2.45) is 7.05 Å². The van der Waals surface area contributed by atoms with E-state index in [4.69, 9.17) is 5.11 Å². The Morgan fingerprint density at radius 3 is 2.82 bits per heavy atom. The summed E-state index contributed by atoms with van der Waals surface area (Å²) in [6, 6.07) is 0.897. The first-order valence-electron chi connectivity index (χ1n) is 5.63. The van der Waals surface area contributed by atoms with Gasteiger partial charge in [0.25, 0.3) is 5.91 Å². The van der Waals surface area contributed by atoms with Crippen molar-refractivity contribution in [2.75, 3.05) is 6.54 Å². The van der Waals surface area contributed by atoms with E-state index in [9.17, 15) is 9.59 Å². The largest absolute Gasteiger partial charge is 0.480 e. The predicted octanol–water partition coefficient (Wildman–Crippen LogP) is 0.499. The van der Waals surface area contributed by atoms with Crippen molar-refractivity contribution in [1.82, 2.24) is 14.7 Å². The maximum Gasteiger partial charge on any atom is 0.326 e. The average Bonchev–Trinajstić information content (AvgIpc) is 2.75. The molecule has 2 heterocycles. The molecule has 0 spiro atoms. The van der Waals surface area contributed by atoms with E-state index in [0.717, 1.165) is 12.8 Å². The maximum atomic E-state index is 12.1. The highest BCUT2D eigenvalue weighted by Gasteiger charge is 2.33. The van der Waals surface area contributed by atoms with E-state index in [0.29, 0.717) is 18.7 Å². The minimum absolute atomic E-state index is 0.294. The summed E-state index contributed by atoms with van der Waals surface area (Å²) in [6.07, 6.45) is 3.90. The molecule has 1 aromatic rings. The number of piperidine rings is 1. The van der Waals surface area contributed by atoms with Gasteiger partial charge in [0.2, 0.25) is 0 Å². The molecule has 0 radical (unpaired) electrons. The number of aromatic nitrogens is 2. The van der Waals surface area contributed by atoms with Gasteiger partial charge in [-0.3, -0.25) is 9.48 Å². The third-order valence-electron chi connectivity index (χ3n) is 2.98. The van der Waals surface area contributed by atoms with Crippen LogP contribution >= 0.6 is 0 Å². The molecule has 6 heteroatoms. The molecule has 0 aromatic carbocycles. The third kappa shape index (κ3) is 2.30. The molecule has 1 saturated heterocycles. The van der Waals surface area contributed by atoms with Gasteiger partial charge in [0.1, 0.15) is 11.7 Å². The molecular weight excluding hydrogens is 222 g/mol. The number of hydrogen-bond donors (Lipinski definition) is 1. The van der Waals surface area contributed by atoms with Crippen LogP contribution in [-0.4, -0.2) is 44.3 Å². The van der Waals surface area contributed by atoms with Crippen molar-refractivity contribution >= 4 is 11.9 Å². The lowest BCUT2D eigenvalue weighted by molar-refractivity contribution is -0.143. The second-order valence-electron chi connectivity index (χ2n) is 4.22. The molecule has 1 fully saturated rings. The Bertz CT molecular complexity index is 441. The van der Waals surface area contributed by atoms with Crippen LogP contribution in [0.3, 0.4) is 0 Å². The topological polar surface area (TPSA) is 75.4 Å². The van der Waals surface area contributed by atoms with E-state index < -0.39 is 12.0 Å². The number of carboxylic acid groups (broad SMARTS) is 1. The first-order chi connectivity index (χ1) is 8.09. The molecule has 0 aliphatic carbocycles. The molecule has 2 rings (SSSR count). The highest BCUT2D eigenvalue weighted by Crippen LogP contribution is 2.19. The summed E-state index contributed by atoms with van der Waals surface area (Å²) < 4.78 is 1.53. The number of likely N-dealkylation sites (tertiary alicyclic amines) is 1. The van der Waals surface area contributed by atoms with E-state index in [2.05, 4.69) is 5.10 Å². The molecule has 0 saturated carbocycles. The third-order valence-corrected chi connectivity index (χ3v) is 2.98. The van der Waals surface area contributed by atoms with Crippen LogP contribution in [0.5, 0.6) is 0 Å². The van der Waals surface area contributed by atoms with E-state index in [1.54, 1.807) is 19.3 Å². The number of carbonyl (C=O) groups is 2. The molecular formula is C11H15N3O3. The van der Waals surface area contributed by atoms with Crippen LogP contribution in [0.15, 0.2) is 12.3 Å². The first kappa shape index (κ1) is 11.6. The summed E-state index contributed by atoms with van der Waals surface area (Å²) in [4.78, 5) is 24.6. The standard InChI is InChI=1S/C11H15N3O3/c1-13-7-5-8(12-13)10(15)14-6-3-2-4-9(14)11(16)17/h5,7,9H,2-4,6H2,1H3,(H,16,17)/t9-/m1/s1. The molecule has 1 atom stereocenters. The van der Waals surface area contributed by atoms with Crippen molar-refractivity contribution < 1.29 is 14.7 Å². The number of amides is 1.